The zero-order chi connectivity index (χ0) is 16.1. The maximum Gasteiger partial charge on any atom is 0.264 e. The highest BCUT2D eigenvalue weighted by atomic mass is 32.1. The van der Waals surface area contributed by atoms with Crippen molar-refractivity contribution in [3.8, 4) is 22.4 Å². The molecule has 0 aliphatic carbocycles. The van der Waals surface area contributed by atoms with E-state index in [2.05, 4.69) is 10.3 Å². The predicted octanol–water partition coefficient (Wildman–Crippen LogP) is 3.76. The number of benzene rings is 1. The number of ether oxygens (including phenoxy) is 1. The van der Waals surface area contributed by atoms with Crippen LogP contribution in [0.1, 0.15) is 5.56 Å². The Labute approximate surface area is 140 Å². The fraction of sp³-hybridized carbons (Fsp3) is 0.0625. The number of carbonyl (C=O) groups is 1. The number of anilines is 1. The molecule has 3 rings (SSSR count). The van der Waals surface area contributed by atoms with Crippen LogP contribution in [0.25, 0.3) is 10.6 Å². The Bertz CT molecular complexity index is 833. The summed E-state index contributed by atoms with van der Waals surface area (Å²) in [7, 11) is 0. The third-order valence-electron chi connectivity index (χ3n) is 2.88. The predicted molar refractivity (Wildman–Crippen MR) is 90.7 cm³/mol. The minimum atomic E-state index is -0.276. The van der Waals surface area contributed by atoms with E-state index in [4.69, 9.17) is 10.00 Å². The third-order valence-corrected chi connectivity index (χ3v) is 4.53. The van der Waals surface area contributed by atoms with Crippen LogP contribution in [-0.2, 0) is 4.79 Å². The molecule has 7 heteroatoms. The van der Waals surface area contributed by atoms with Crippen LogP contribution in [0, 0.1) is 11.3 Å². The fourth-order valence-corrected chi connectivity index (χ4v) is 3.29. The minimum Gasteiger partial charge on any atom is -0.484 e. The SMILES string of the molecule is N#Cc1ccc(OCC(=O)Nc2nc(-c3cccs3)cs2)cc1. The van der Waals surface area contributed by atoms with E-state index in [1.54, 1.807) is 35.6 Å². The molecule has 1 N–H and O–H groups in total. The average Bonchev–Trinajstić information content (AvgIpc) is 3.24. The van der Waals surface area contributed by atoms with Crippen molar-refractivity contribution in [1.82, 2.24) is 4.98 Å². The standard InChI is InChI=1S/C16H11N3O2S2/c17-8-11-3-5-12(6-4-11)21-9-15(20)19-16-18-13(10-23-16)14-2-1-7-22-14/h1-7,10H,9H2,(H,18,19,20). The highest BCUT2D eigenvalue weighted by Crippen LogP contribution is 2.28. The molecule has 2 aromatic heterocycles. The lowest BCUT2D eigenvalue weighted by Crippen LogP contribution is -2.20. The summed E-state index contributed by atoms with van der Waals surface area (Å²) in [6, 6.07) is 12.6. The first-order chi connectivity index (χ1) is 11.2. The number of carbonyl (C=O) groups excluding carboxylic acids is 1. The molecule has 0 spiro atoms. The van der Waals surface area contributed by atoms with Crippen molar-refractivity contribution in [2.24, 2.45) is 0 Å². The molecule has 2 heterocycles. The molecular formula is C16H11N3O2S2. The lowest BCUT2D eigenvalue weighted by atomic mass is 10.2. The molecule has 5 nitrogen and oxygen atoms in total. The van der Waals surface area contributed by atoms with Crippen molar-refractivity contribution in [3.05, 3.63) is 52.7 Å². The first kappa shape index (κ1) is 15.2. The van der Waals surface area contributed by atoms with Gasteiger partial charge in [0.05, 0.1) is 22.2 Å². The van der Waals surface area contributed by atoms with Gasteiger partial charge in [0.15, 0.2) is 11.7 Å². The van der Waals surface area contributed by atoms with Crippen molar-refractivity contribution in [3.63, 3.8) is 0 Å². The molecule has 1 amide bonds. The lowest BCUT2D eigenvalue weighted by Gasteiger charge is -2.05. The largest absolute Gasteiger partial charge is 0.484 e. The van der Waals surface area contributed by atoms with E-state index in [0.717, 1.165) is 10.6 Å². The van der Waals surface area contributed by atoms with E-state index in [-0.39, 0.29) is 12.5 Å². The Hall–Kier alpha value is -2.69. The van der Waals surface area contributed by atoms with Gasteiger partial charge in [-0.25, -0.2) is 4.98 Å². The number of aromatic nitrogens is 1. The second-order valence-electron chi connectivity index (χ2n) is 4.49. The normalized spacial score (nSPS) is 10.0. The summed E-state index contributed by atoms with van der Waals surface area (Å²) in [5, 5.41) is 15.9. The zero-order valence-corrected chi connectivity index (χ0v) is 13.5. The van der Waals surface area contributed by atoms with Gasteiger partial charge in [-0.2, -0.15) is 5.26 Å². The van der Waals surface area contributed by atoms with Gasteiger partial charge in [0.1, 0.15) is 5.75 Å². The molecular weight excluding hydrogens is 330 g/mol. The molecule has 0 bridgehead atoms. The zero-order valence-electron chi connectivity index (χ0n) is 11.9. The molecule has 0 fully saturated rings. The van der Waals surface area contributed by atoms with Gasteiger partial charge in [0.25, 0.3) is 5.91 Å². The Morgan fingerprint density at radius 1 is 1.26 bits per heavy atom. The molecule has 23 heavy (non-hydrogen) atoms. The molecule has 1 aromatic carbocycles. The molecule has 0 unspecified atom stereocenters. The summed E-state index contributed by atoms with van der Waals surface area (Å²) in [5.41, 5.74) is 1.40. The molecule has 0 radical (unpaired) electrons. The number of hydrogen-bond donors (Lipinski definition) is 1. The van der Waals surface area contributed by atoms with E-state index >= 15 is 0 Å². The number of hydrogen-bond acceptors (Lipinski definition) is 6. The summed E-state index contributed by atoms with van der Waals surface area (Å²) < 4.78 is 5.38. The molecule has 0 aliphatic heterocycles. The third kappa shape index (κ3) is 3.94. The molecule has 0 aliphatic rings. The Balaban J connectivity index is 1.54. The van der Waals surface area contributed by atoms with E-state index in [1.807, 2.05) is 29.0 Å². The van der Waals surface area contributed by atoms with Gasteiger partial charge in [-0.3, -0.25) is 10.1 Å². The fourth-order valence-electron chi connectivity index (χ4n) is 1.80. The summed E-state index contributed by atoms with van der Waals surface area (Å²) in [6.07, 6.45) is 0. The van der Waals surface area contributed by atoms with E-state index in [1.165, 1.54) is 11.3 Å². The number of nitrogens with one attached hydrogen (secondary N) is 1. The summed E-state index contributed by atoms with van der Waals surface area (Å²) in [6.45, 7) is -0.111. The topological polar surface area (TPSA) is 75.0 Å². The summed E-state index contributed by atoms with van der Waals surface area (Å²) in [4.78, 5) is 17.3. The van der Waals surface area contributed by atoms with Crippen LogP contribution in [0.4, 0.5) is 5.13 Å². The van der Waals surface area contributed by atoms with Crippen molar-refractivity contribution in [1.29, 1.82) is 5.26 Å². The van der Waals surface area contributed by atoms with Gasteiger partial charge in [-0.15, -0.1) is 22.7 Å². The first-order valence-corrected chi connectivity index (χ1v) is 8.43. The monoisotopic (exact) mass is 341 g/mol. The Morgan fingerprint density at radius 3 is 2.78 bits per heavy atom. The maximum absolute atomic E-state index is 11.9. The van der Waals surface area contributed by atoms with Gasteiger partial charge in [0, 0.05) is 5.38 Å². The molecule has 0 saturated carbocycles. The first-order valence-electron chi connectivity index (χ1n) is 6.67. The quantitative estimate of drug-likeness (QED) is 0.767. The summed E-state index contributed by atoms with van der Waals surface area (Å²) in [5.74, 6) is 0.263. The number of thiophene rings is 1. The molecule has 3 aromatic rings. The average molecular weight is 341 g/mol. The van der Waals surface area contributed by atoms with Crippen molar-refractivity contribution in [2.75, 3.05) is 11.9 Å². The van der Waals surface area contributed by atoms with Crippen LogP contribution in [0.3, 0.4) is 0 Å². The number of nitriles is 1. The van der Waals surface area contributed by atoms with Crippen molar-refractivity contribution in [2.45, 2.75) is 0 Å². The van der Waals surface area contributed by atoms with Crippen LogP contribution in [0.5, 0.6) is 5.75 Å². The van der Waals surface area contributed by atoms with Crippen molar-refractivity contribution < 1.29 is 9.53 Å². The van der Waals surface area contributed by atoms with Crippen LogP contribution >= 0.6 is 22.7 Å². The lowest BCUT2D eigenvalue weighted by molar-refractivity contribution is -0.118. The Kier molecular flexibility index (Phi) is 4.66. The van der Waals surface area contributed by atoms with Gasteiger partial charge in [-0.05, 0) is 35.7 Å². The smallest absolute Gasteiger partial charge is 0.264 e. The van der Waals surface area contributed by atoms with Gasteiger partial charge in [-0.1, -0.05) is 6.07 Å². The second-order valence-corrected chi connectivity index (χ2v) is 6.29. The number of thiazole rings is 1. The van der Waals surface area contributed by atoms with Crippen LogP contribution in [0.2, 0.25) is 0 Å². The highest BCUT2D eigenvalue weighted by molar-refractivity contribution is 7.16. The number of rotatable bonds is 5. The van der Waals surface area contributed by atoms with E-state index in [9.17, 15) is 4.79 Å². The number of nitrogens with zero attached hydrogens (tertiary/aromatic N) is 2. The van der Waals surface area contributed by atoms with Crippen LogP contribution in [0.15, 0.2) is 47.2 Å². The molecule has 0 saturated heterocycles. The van der Waals surface area contributed by atoms with E-state index in [0.29, 0.717) is 16.4 Å². The Morgan fingerprint density at radius 2 is 2.09 bits per heavy atom. The van der Waals surface area contributed by atoms with Crippen molar-refractivity contribution >= 4 is 33.7 Å². The van der Waals surface area contributed by atoms with Gasteiger partial charge >= 0.3 is 0 Å². The summed E-state index contributed by atoms with van der Waals surface area (Å²) >= 11 is 2.98. The van der Waals surface area contributed by atoms with E-state index < -0.39 is 0 Å². The van der Waals surface area contributed by atoms with Crippen LogP contribution < -0.4 is 10.1 Å². The van der Waals surface area contributed by atoms with Gasteiger partial charge in [0.2, 0.25) is 0 Å². The molecule has 0 atom stereocenters. The molecule has 114 valence electrons. The van der Waals surface area contributed by atoms with Crippen LogP contribution in [-0.4, -0.2) is 17.5 Å². The highest BCUT2D eigenvalue weighted by Gasteiger charge is 2.09. The maximum atomic E-state index is 11.9. The minimum absolute atomic E-state index is 0.111. The number of amides is 1. The second kappa shape index (κ2) is 7.05. The van der Waals surface area contributed by atoms with Gasteiger partial charge < -0.3 is 4.74 Å².